The highest BCUT2D eigenvalue weighted by Crippen LogP contribution is 2.52. The molecule has 1 aromatic rings. The maximum atomic E-state index is 12.0. The highest BCUT2D eigenvalue weighted by atomic mass is 16.6. The summed E-state index contributed by atoms with van der Waals surface area (Å²) in [6, 6.07) is 7.64. The van der Waals surface area contributed by atoms with Crippen LogP contribution in [-0.4, -0.2) is 55.4 Å². The number of carbonyl (C=O) groups is 3. The number of piperidine rings is 1. The van der Waals surface area contributed by atoms with Crippen LogP contribution in [0.1, 0.15) is 6.92 Å². The lowest BCUT2D eigenvalue weighted by atomic mass is 10.2. The lowest BCUT2D eigenvalue weighted by Crippen LogP contribution is -2.33. The average Bonchev–Trinajstić information content (AvgIpc) is 2.93. The molecule has 8 nitrogen and oxygen atoms in total. The number of amides is 2. The van der Waals surface area contributed by atoms with E-state index in [9.17, 15) is 14.4 Å². The largest absolute Gasteiger partial charge is 0.481 e. The summed E-state index contributed by atoms with van der Waals surface area (Å²) in [5.41, 5.74) is 1.78. The number of nitrogens with one attached hydrogen (secondary N) is 1. The number of carbonyl (C=O) groups excluding carboxylic acids is 2. The smallest absolute Gasteiger partial charge is 0.414 e. The van der Waals surface area contributed by atoms with Crippen molar-refractivity contribution in [3.63, 3.8) is 0 Å². The fourth-order valence-electron chi connectivity index (χ4n) is 4.04. The Morgan fingerprint density at radius 2 is 1.77 bits per heavy atom. The number of nitrogens with zero attached hydrogens (tertiary/aromatic N) is 2. The van der Waals surface area contributed by atoms with Gasteiger partial charge in [0.2, 0.25) is 5.91 Å². The first-order valence-electron chi connectivity index (χ1n) is 8.74. The number of carboxylic acid groups (broad SMARTS) is 1. The zero-order valence-corrected chi connectivity index (χ0v) is 14.4. The first kappa shape index (κ1) is 16.7. The molecule has 3 atom stereocenters. The summed E-state index contributed by atoms with van der Waals surface area (Å²) in [5, 5.41) is 11.8. The first-order valence-corrected chi connectivity index (χ1v) is 8.74. The van der Waals surface area contributed by atoms with Crippen molar-refractivity contribution in [2.45, 2.75) is 13.0 Å². The normalized spacial score (nSPS) is 29.3. The van der Waals surface area contributed by atoms with Crippen molar-refractivity contribution in [2.75, 3.05) is 36.0 Å². The SMILES string of the molecule is CC(=O)NC[C@H]1CN(c2ccc(N3CC4C(C3)C4C(=O)O)cc2)C(=O)O1. The summed E-state index contributed by atoms with van der Waals surface area (Å²) in [4.78, 5) is 37.8. The molecule has 1 aromatic carbocycles. The molecule has 0 aromatic heterocycles. The van der Waals surface area contributed by atoms with Gasteiger partial charge in [0, 0.05) is 31.4 Å². The van der Waals surface area contributed by atoms with E-state index in [0.29, 0.717) is 13.1 Å². The van der Waals surface area contributed by atoms with Crippen molar-refractivity contribution < 1.29 is 24.2 Å². The average molecular weight is 359 g/mol. The number of anilines is 2. The lowest BCUT2D eigenvalue weighted by Gasteiger charge is -2.22. The third-order valence-electron chi connectivity index (χ3n) is 5.46. The fraction of sp³-hybridized carbons (Fsp3) is 0.500. The molecule has 26 heavy (non-hydrogen) atoms. The number of aliphatic carboxylic acids is 1. The Morgan fingerprint density at radius 1 is 1.15 bits per heavy atom. The van der Waals surface area contributed by atoms with Crippen LogP contribution in [0.2, 0.25) is 0 Å². The minimum absolute atomic E-state index is 0.155. The highest BCUT2D eigenvalue weighted by molar-refractivity contribution is 5.90. The van der Waals surface area contributed by atoms with Crippen LogP contribution in [0, 0.1) is 17.8 Å². The van der Waals surface area contributed by atoms with Gasteiger partial charge in [0.25, 0.3) is 0 Å². The Hall–Kier alpha value is -2.77. The number of cyclic esters (lactones) is 1. The van der Waals surface area contributed by atoms with Crippen LogP contribution in [0.5, 0.6) is 0 Å². The van der Waals surface area contributed by atoms with Gasteiger partial charge in [-0.05, 0) is 36.1 Å². The maximum absolute atomic E-state index is 12.0. The Morgan fingerprint density at radius 3 is 2.35 bits per heavy atom. The van der Waals surface area contributed by atoms with Gasteiger partial charge in [-0.25, -0.2) is 4.79 Å². The first-order chi connectivity index (χ1) is 12.4. The van der Waals surface area contributed by atoms with E-state index in [1.165, 1.54) is 6.92 Å². The molecule has 2 amide bonds. The molecule has 4 rings (SSSR count). The monoisotopic (exact) mass is 359 g/mol. The number of benzene rings is 1. The molecule has 1 saturated carbocycles. The molecule has 3 aliphatic rings. The molecule has 2 heterocycles. The van der Waals surface area contributed by atoms with Crippen LogP contribution in [0.4, 0.5) is 16.2 Å². The van der Waals surface area contributed by atoms with Gasteiger partial charge < -0.3 is 20.1 Å². The van der Waals surface area contributed by atoms with E-state index in [-0.39, 0.29) is 29.8 Å². The van der Waals surface area contributed by atoms with Crippen molar-refractivity contribution in [3.05, 3.63) is 24.3 Å². The topological polar surface area (TPSA) is 99.2 Å². The maximum Gasteiger partial charge on any atom is 0.414 e. The minimum atomic E-state index is -0.684. The van der Waals surface area contributed by atoms with Crippen molar-refractivity contribution in [2.24, 2.45) is 17.8 Å². The Kier molecular flexibility index (Phi) is 3.97. The molecular formula is C18H21N3O5. The van der Waals surface area contributed by atoms with Crippen molar-refractivity contribution >= 4 is 29.3 Å². The number of rotatable bonds is 5. The van der Waals surface area contributed by atoms with Crippen LogP contribution >= 0.6 is 0 Å². The summed E-state index contributed by atoms with van der Waals surface area (Å²) in [7, 11) is 0. The Bertz CT molecular complexity index is 738. The summed E-state index contributed by atoms with van der Waals surface area (Å²) in [5.74, 6) is -0.495. The van der Waals surface area contributed by atoms with Crippen LogP contribution in [0.25, 0.3) is 0 Å². The number of ether oxygens (including phenoxy) is 1. The van der Waals surface area contributed by atoms with Gasteiger partial charge in [0.1, 0.15) is 6.10 Å². The molecule has 2 saturated heterocycles. The van der Waals surface area contributed by atoms with Crippen LogP contribution in [0.15, 0.2) is 24.3 Å². The van der Waals surface area contributed by atoms with Gasteiger partial charge in [-0.15, -0.1) is 0 Å². The zero-order valence-electron chi connectivity index (χ0n) is 14.4. The van der Waals surface area contributed by atoms with Gasteiger partial charge in [-0.2, -0.15) is 0 Å². The second-order valence-electron chi connectivity index (χ2n) is 7.17. The fourth-order valence-corrected chi connectivity index (χ4v) is 4.04. The highest BCUT2D eigenvalue weighted by Gasteiger charge is 2.59. The molecule has 2 aliphatic heterocycles. The van der Waals surface area contributed by atoms with Crippen LogP contribution in [0.3, 0.4) is 0 Å². The van der Waals surface area contributed by atoms with Crippen molar-refractivity contribution in [1.29, 1.82) is 0 Å². The molecule has 3 fully saturated rings. The third-order valence-corrected chi connectivity index (χ3v) is 5.46. The van der Waals surface area contributed by atoms with Gasteiger partial charge in [0.15, 0.2) is 0 Å². The number of fused-ring (bicyclic) bond motifs is 1. The molecule has 2 unspecified atom stereocenters. The summed E-state index contributed by atoms with van der Waals surface area (Å²) < 4.78 is 5.27. The van der Waals surface area contributed by atoms with Crippen molar-refractivity contribution in [3.8, 4) is 0 Å². The quantitative estimate of drug-likeness (QED) is 0.811. The molecule has 2 N–H and O–H groups in total. The predicted octanol–water partition coefficient (Wildman–Crippen LogP) is 0.915. The molecule has 0 spiro atoms. The van der Waals surface area contributed by atoms with Gasteiger partial charge in [-0.1, -0.05) is 0 Å². The van der Waals surface area contributed by atoms with E-state index >= 15 is 0 Å². The molecular weight excluding hydrogens is 338 g/mol. The Labute approximate surface area is 150 Å². The zero-order chi connectivity index (χ0) is 18.4. The second-order valence-corrected chi connectivity index (χ2v) is 7.17. The van der Waals surface area contributed by atoms with Crippen molar-refractivity contribution in [1.82, 2.24) is 5.32 Å². The standard InChI is InChI=1S/C18H21N3O5/c1-10(22)19-6-13-7-21(18(25)26-13)12-4-2-11(3-5-12)20-8-14-15(9-20)16(14)17(23)24/h2-5,13-16H,6-9H2,1H3,(H,19,22)(H,23,24)/t13-,14?,15?,16?/m0/s1. The molecule has 0 bridgehead atoms. The van der Waals surface area contributed by atoms with E-state index in [1.807, 2.05) is 24.3 Å². The molecule has 1 aliphatic carbocycles. The van der Waals surface area contributed by atoms with Crippen LogP contribution in [-0.2, 0) is 14.3 Å². The molecule has 8 heteroatoms. The third kappa shape index (κ3) is 2.95. The van der Waals surface area contributed by atoms with Crippen LogP contribution < -0.4 is 15.1 Å². The van der Waals surface area contributed by atoms with E-state index in [0.717, 1.165) is 24.5 Å². The number of hydrogen-bond acceptors (Lipinski definition) is 5. The summed E-state index contributed by atoms with van der Waals surface area (Å²) in [6.45, 7) is 3.66. The van der Waals surface area contributed by atoms with Gasteiger partial charge in [-0.3, -0.25) is 14.5 Å². The Balaban J connectivity index is 1.36. The van der Waals surface area contributed by atoms with E-state index in [1.54, 1.807) is 4.90 Å². The summed E-state index contributed by atoms with van der Waals surface area (Å²) in [6.07, 6.45) is -0.774. The lowest BCUT2D eigenvalue weighted by molar-refractivity contribution is -0.139. The van der Waals surface area contributed by atoms with E-state index < -0.39 is 12.1 Å². The van der Waals surface area contributed by atoms with E-state index in [2.05, 4.69) is 10.2 Å². The number of hydrogen-bond donors (Lipinski definition) is 2. The van der Waals surface area contributed by atoms with E-state index in [4.69, 9.17) is 9.84 Å². The van der Waals surface area contributed by atoms with Gasteiger partial charge in [0.05, 0.1) is 19.0 Å². The summed E-state index contributed by atoms with van der Waals surface area (Å²) >= 11 is 0. The molecule has 138 valence electrons. The minimum Gasteiger partial charge on any atom is -0.481 e. The molecule has 0 radical (unpaired) electrons. The predicted molar refractivity (Wildman–Crippen MR) is 93.1 cm³/mol. The van der Waals surface area contributed by atoms with Gasteiger partial charge >= 0.3 is 12.1 Å². The second kappa shape index (κ2) is 6.19. The number of carboxylic acids is 1.